The number of hydrogen-bond donors (Lipinski definition) is 2. The summed E-state index contributed by atoms with van der Waals surface area (Å²) < 4.78 is 0. The molecule has 1 unspecified atom stereocenters. The lowest BCUT2D eigenvalue weighted by Crippen LogP contribution is -2.65. The normalized spacial score (nSPS) is 20.6. The number of amides is 2. The molecule has 1 atom stereocenters. The summed E-state index contributed by atoms with van der Waals surface area (Å²) in [6, 6.07) is 7.08. The Balaban J connectivity index is 2.39. The van der Waals surface area contributed by atoms with Gasteiger partial charge in [-0.2, -0.15) is 0 Å². The number of benzene rings is 1. The van der Waals surface area contributed by atoms with E-state index in [0.717, 1.165) is 5.56 Å². The van der Waals surface area contributed by atoms with Crippen LogP contribution in [0.15, 0.2) is 24.3 Å². The SMILES string of the molecule is CC1(C)C(=O)NC(=O)CN1C(CN)c1cccc(Cl)c1. The predicted molar refractivity (Wildman–Crippen MR) is 77.2 cm³/mol. The zero-order valence-electron chi connectivity index (χ0n) is 11.5. The summed E-state index contributed by atoms with van der Waals surface area (Å²) in [7, 11) is 0. The summed E-state index contributed by atoms with van der Waals surface area (Å²) in [5.41, 5.74) is 5.96. The van der Waals surface area contributed by atoms with Crippen LogP contribution >= 0.6 is 11.6 Å². The van der Waals surface area contributed by atoms with E-state index < -0.39 is 5.54 Å². The van der Waals surface area contributed by atoms with Gasteiger partial charge < -0.3 is 5.73 Å². The number of carbonyl (C=O) groups is 2. The molecule has 0 aromatic heterocycles. The fraction of sp³-hybridized carbons (Fsp3) is 0.429. The van der Waals surface area contributed by atoms with Gasteiger partial charge in [-0.25, -0.2) is 0 Å². The molecule has 1 aliphatic heterocycles. The number of halogens is 1. The fourth-order valence-electron chi connectivity index (χ4n) is 2.46. The first-order valence-electron chi connectivity index (χ1n) is 6.43. The minimum Gasteiger partial charge on any atom is -0.329 e. The molecule has 20 heavy (non-hydrogen) atoms. The van der Waals surface area contributed by atoms with Crippen LogP contribution in [-0.2, 0) is 9.59 Å². The Kier molecular flexibility index (Phi) is 4.13. The van der Waals surface area contributed by atoms with Crippen molar-refractivity contribution in [3.05, 3.63) is 34.9 Å². The first-order valence-corrected chi connectivity index (χ1v) is 6.80. The van der Waals surface area contributed by atoms with Crippen LogP contribution in [-0.4, -0.2) is 35.3 Å². The van der Waals surface area contributed by atoms with Gasteiger partial charge in [0.15, 0.2) is 0 Å². The molecule has 6 heteroatoms. The Hall–Kier alpha value is -1.43. The second-order valence-corrected chi connectivity index (χ2v) is 5.81. The number of carbonyl (C=O) groups excluding carboxylic acids is 2. The van der Waals surface area contributed by atoms with E-state index in [1.165, 1.54) is 0 Å². The molecule has 0 radical (unpaired) electrons. The van der Waals surface area contributed by atoms with E-state index in [-0.39, 0.29) is 24.4 Å². The van der Waals surface area contributed by atoms with Crippen LogP contribution in [0.3, 0.4) is 0 Å². The zero-order chi connectivity index (χ0) is 14.9. The van der Waals surface area contributed by atoms with Gasteiger partial charge in [-0.15, -0.1) is 0 Å². The third-order valence-corrected chi connectivity index (χ3v) is 3.91. The Morgan fingerprint density at radius 3 is 2.75 bits per heavy atom. The van der Waals surface area contributed by atoms with Crippen molar-refractivity contribution in [2.75, 3.05) is 13.1 Å². The molecule has 0 bridgehead atoms. The van der Waals surface area contributed by atoms with E-state index >= 15 is 0 Å². The molecule has 1 aromatic rings. The highest BCUT2D eigenvalue weighted by Gasteiger charge is 2.44. The van der Waals surface area contributed by atoms with Gasteiger partial charge in [0.05, 0.1) is 12.1 Å². The van der Waals surface area contributed by atoms with Crippen LogP contribution < -0.4 is 11.1 Å². The van der Waals surface area contributed by atoms with Crippen molar-refractivity contribution in [3.8, 4) is 0 Å². The third-order valence-electron chi connectivity index (χ3n) is 3.67. The highest BCUT2D eigenvalue weighted by molar-refractivity contribution is 6.30. The summed E-state index contributed by atoms with van der Waals surface area (Å²) in [6.07, 6.45) is 0. The number of imide groups is 1. The summed E-state index contributed by atoms with van der Waals surface area (Å²) in [5.74, 6) is -0.621. The average molecular weight is 296 g/mol. The minimum atomic E-state index is -0.805. The largest absolute Gasteiger partial charge is 0.329 e. The van der Waals surface area contributed by atoms with Crippen molar-refractivity contribution in [1.29, 1.82) is 0 Å². The fourth-order valence-corrected chi connectivity index (χ4v) is 2.66. The second-order valence-electron chi connectivity index (χ2n) is 5.37. The van der Waals surface area contributed by atoms with Crippen LogP contribution in [0, 0.1) is 0 Å². The van der Waals surface area contributed by atoms with Crippen LogP contribution in [0.5, 0.6) is 0 Å². The minimum absolute atomic E-state index is 0.132. The molecule has 2 rings (SSSR count). The van der Waals surface area contributed by atoms with E-state index in [4.69, 9.17) is 17.3 Å². The van der Waals surface area contributed by atoms with Gasteiger partial charge in [-0.1, -0.05) is 23.7 Å². The Morgan fingerprint density at radius 1 is 1.45 bits per heavy atom. The van der Waals surface area contributed by atoms with Gasteiger partial charge >= 0.3 is 0 Å². The summed E-state index contributed by atoms with van der Waals surface area (Å²) in [5, 5.41) is 2.96. The number of nitrogens with one attached hydrogen (secondary N) is 1. The molecule has 1 fully saturated rings. The summed E-state index contributed by atoms with van der Waals surface area (Å²) >= 11 is 6.01. The first kappa shape index (κ1) is 15.0. The standard InChI is InChI=1S/C14H18ClN3O2/c1-14(2)13(20)17-12(19)8-18(14)11(7-16)9-4-3-5-10(15)6-9/h3-6,11H,7-8,16H2,1-2H3,(H,17,19,20). The van der Waals surface area contributed by atoms with Crippen molar-refractivity contribution in [3.63, 3.8) is 0 Å². The monoisotopic (exact) mass is 295 g/mol. The van der Waals surface area contributed by atoms with Gasteiger partial charge in [-0.3, -0.25) is 19.8 Å². The first-order chi connectivity index (χ1) is 9.36. The molecule has 3 N–H and O–H groups in total. The van der Waals surface area contributed by atoms with Crippen LogP contribution in [0.25, 0.3) is 0 Å². The molecule has 1 aliphatic rings. The molecule has 5 nitrogen and oxygen atoms in total. The molecule has 108 valence electrons. The maximum Gasteiger partial charge on any atom is 0.246 e. The van der Waals surface area contributed by atoms with E-state index in [9.17, 15) is 9.59 Å². The molecular formula is C14H18ClN3O2. The maximum atomic E-state index is 12.0. The molecule has 1 aromatic carbocycles. The topological polar surface area (TPSA) is 75.4 Å². The van der Waals surface area contributed by atoms with Crippen LogP contribution in [0.4, 0.5) is 0 Å². The number of piperazine rings is 1. The van der Waals surface area contributed by atoms with Crippen molar-refractivity contribution < 1.29 is 9.59 Å². The molecule has 2 amide bonds. The van der Waals surface area contributed by atoms with Gasteiger partial charge in [-0.05, 0) is 31.5 Å². The highest BCUT2D eigenvalue weighted by atomic mass is 35.5. The van der Waals surface area contributed by atoms with Gasteiger partial charge in [0.2, 0.25) is 11.8 Å². The lowest BCUT2D eigenvalue weighted by molar-refractivity contribution is -0.147. The average Bonchev–Trinajstić information content (AvgIpc) is 2.37. The molecule has 1 heterocycles. The van der Waals surface area contributed by atoms with Gasteiger partial charge in [0.25, 0.3) is 0 Å². The number of nitrogens with zero attached hydrogens (tertiary/aromatic N) is 1. The van der Waals surface area contributed by atoms with Crippen molar-refractivity contribution in [1.82, 2.24) is 10.2 Å². The number of nitrogens with two attached hydrogens (primary N) is 1. The van der Waals surface area contributed by atoms with Crippen molar-refractivity contribution in [2.24, 2.45) is 5.73 Å². The van der Waals surface area contributed by atoms with Crippen molar-refractivity contribution in [2.45, 2.75) is 25.4 Å². The van der Waals surface area contributed by atoms with E-state index in [0.29, 0.717) is 11.6 Å². The molecular weight excluding hydrogens is 278 g/mol. The highest BCUT2D eigenvalue weighted by Crippen LogP contribution is 2.30. The summed E-state index contributed by atoms with van der Waals surface area (Å²) in [4.78, 5) is 25.5. The van der Waals surface area contributed by atoms with Crippen molar-refractivity contribution >= 4 is 23.4 Å². The summed E-state index contributed by atoms with van der Waals surface area (Å²) in [6.45, 7) is 3.99. The molecule has 1 saturated heterocycles. The van der Waals surface area contributed by atoms with Crippen LogP contribution in [0.2, 0.25) is 5.02 Å². The zero-order valence-corrected chi connectivity index (χ0v) is 12.3. The smallest absolute Gasteiger partial charge is 0.246 e. The maximum absolute atomic E-state index is 12.0. The lowest BCUT2D eigenvalue weighted by atomic mass is 9.93. The Labute approximate surface area is 123 Å². The second kappa shape index (κ2) is 5.52. The Morgan fingerprint density at radius 2 is 2.15 bits per heavy atom. The third kappa shape index (κ3) is 2.70. The van der Waals surface area contributed by atoms with E-state index in [1.807, 2.05) is 23.1 Å². The molecule has 0 aliphatic carbocycles. The van der Waals surface area contributed by atoms with Crippen LogP contribution in [0.1, 0.15) is 25.5 Å². The van der Waals surface area contributed by atoms with E-state index in [2.05, 4.69) is 5.32 Å². The Bertz CT molecular complexity index is 545. The van der Waals surface area contributed by atoms with Gasteiger partial charge in [0.1, 0.15) is 0 Å². The quantitative estimate of drug-likeness (QED) is 0.818. The van der Waals surface area contributed by atoms with Gasteiger partial charge in [0, 0.05) is 17.6 Å². The number of rotatable bonds is 3. The number of hydrogen-bond acceptors (Lipinski definition) is 4. The molecule has 0 saturated carbocycles. The van der Waals surface area contributed by atoms with E-state index in [1.54, 1.807) is 19.9 Å². The molecule has 0 spiro atoms. The predicted octanol–water partition coefficient (Wildman–Crippen LogP) is 1.08. The lowest BCUT2D eigenvalue weighted by Gasteiger charge is -2.44.